The average Bonchev–Trinajstić information content (AvgIpc) is 2.68. The third-order valence-electron chi connectivity index (χ3n) is 5.03. The minimum Gasteiger partial charge on any atom is -0.342 e. The van der Waals surface area contributed by atoms with Crippen molar-refractivity contribution in [1.29, 1.82) is 0 Å². The molecule has 2 amide bonds. The zero-order chi connectivity index (χ0) is 18.7. The van der Waals surface area contributed by atoms with E-state index in [1.165, 1.54) is 16.4 Å². The van der Waals surface area contributed by atoms with Gasteiger partial charge in [0, 0.05) is 45.2 Å². The molecule has 0 N–H and O–H groups in total. The van der Waals surface area contributed by atoms with Crippen molar-refractivity contribution in [1.82, 2.24) is 14.1 Å². The lowest BCUT2D eigenvalue weighted by Crippen LogP contribution is -2.51. The molecule has 0 atom stereocenters. The van der Waals surface area contributed by atoms with E-state index < -0.39 is 15.8 Å². The highest BCUT2D eigenvalue weighted by Gasteiger charge is 2.34. The highest BCUT2D eigenvalue weighted by molar-refractivity contribution is 7.89. The van der Waals surface area contributed by atoms with Gasteiger partial charge in [0.25, 0.3) is 0 Å². The molecule has 1 aromatic rings. The van der Waals surface area contributed by atoms with Crippen molar-refractivity contribution in [2.24, 2.45) is 5.92 Å². The molecule has 0 spiro atoms. The van der Waals surface area contributed by atoms with Gasteiger partial charge in [-0.2, -0.15) is 4.31 Å². The summed E-state index contributed by atoms with van der Waals surface area (Å²) in [6.45, 7) is 2.65. The van der Waals surface area contributed by atoms with Gasteiger partial charge in [0.1, 0.15) is 5.82 Å². The van der Waals surface area contributed by atoms with Crippen LogP contribution in [0, 0.1) is 11.7 Å². The topological polar surface area (TPSA) is 78.0 Å². The lowest BCUT2D eigenvalue weighted by atomic mass is 9.96. The molecule has 1 aromatic carbocycles. The third kappa shape index (κ3) is 3.88. The van der Waals surface area contributed by atoms with Crippen LogP contribution in [0.4, 0.5) is 4.39 Å². The first kappa shape index (κ1) is 18.8. The van der Waals surface area contributed by atoms with Crippen LogP contribution in [-0.2, 0) is 19.6 Å². The van der Waals surface area contributed by atoms with Gasteiger partial charge in [-0.25, -0.2) is 12.8 Å². The molecule has 142 valence electrons. The molecule has 3 rings (SSSR count). The number of amides is 2. The number of carbonyl (C=O) groups excluding carboxylic acids is 2. The number of hydrogen-bond acceptors (Lipinski definition) is 4. The lowest BCUT2D eigenvalue weighted by Gasteiger charge is -2.37. The Hall–Kier alpha value is -2.00. The Labute approximate surface area is 152 Å². The van der Waals surface area contributed by atoms with Crippen molar-refractivity contribution in [2.75, 3.05) is 39.3 Å². The zero-order valence-electron chi connectivity index (χ0n) is 14.4. The molecule has 0 unspecified atom stereocenters. The molecular weight excluding hydrogens is 361 g/mol. The van der Waals surface area contributed by atoms with Gasteiger partial charge in [-0.15, -0.1) is 0 Å². The molecule has 0 aliphatic carbocycles. The van der Waals surface area contributed by atoms with Crippen molar-refractivity contribution >= 4 is 22.3 Å². The van der Waals surface area contributed by atoms with E-state index in [9.17, 15) is 22.4 Å². The Kier molecular flexibility index (Phi) is 5.57. The van der Waals surface area contributed by atoms with Gasteiger partial charge in [-0.05, 0) is 37.1 Å². The van der Waals surface area contributed by atoms with E-state index in [1.54, 1.807) is 9.80 Å². The molecule has 26 heavy (non-hydrogen) atoms. The molecule has 2 aliphatic heterocycles. The van der Waals surface area contributed by atoms with Gasteiger partial charge in [-0.1, -0.05) is 0 Å². The van der Waals surface area contributed by atoms with E-state index in [0.29, 0.717) is 39.0 Å². The number of benzene rings is 1. The zero-order valence-corrected chi connectivity index (χ0v) is 15.2. The first-order chi connectivity index (χ1) is 12.4. The fraction of sp³-hybridized carbons (Fsp3) is 0.529. The molecule has 7 nitrogen and oxygen atoms in total. The summed E-state index contributed by atoms with van der Waals surface area (Å²) in [5.41, 5.74) is 0. The third-order valence-corrected chi connectivity index (χ3v) is 6.94. The summed E-state index contributed by atoms with van der Waals surface area (Å²) >= 11 is 0. The molecule has 2 fully saturated rings. The minimum atomic E-state index is -3.67. The van der Waals surface area contributed by atoms with Crippen LogP contribution in [0.15, 0.2) is 29.2 Å². The van der Waals surface area contributed by atoms with E-state index in [4.69, 9.17) is 0 Å². The normalized spacial score (nSPS) is 20.2. The maximum Gasteiger partial charge on any atom is 0.243 e. The maximum absolute atomic E-state index is 13.0. The molecule has 0 saturated carbocycles. The van der Waals surface area contributed by atoms with E-state index in [1.807, 2.05) is 0 Å². The highest BCUT2D eigenvalue weighted by Crippen LogP contribution is 2.25. The molecule has 0 radical (unpaired) electrons. The quantitative estimate of drug-likeness (QED) is 0.711. The van der Waals surface area contributed by atoms with Crippen molar-refractivity contribution in [3.05, 3.63) is 30.1 Å². The summed E-state index contributed by atoms with van der Waals surface area (Å²) < 4.78 is 39.6. The molecule has 2 aliphatic rings. The minimum absolute atomic E-state index is 0.0365. The number of carbonyl (C=O) groups is 2. The largest absolute Gasteiger partial charge is 0.342 e. The van der Waals surface area contributed by atoms with Crippen LogP contribution in [-0.4, -0.2) is 74.1 Å². The van der Waals surface area contributed by atoms with Crippen LogP contribution in [0.1, 0.15) is 12.8 Å². The fourth-order valence-corrected chi connectivity index (χ4v) is 4.87. The predicted octanol–water partition coefficient (Wildman–Crippen LogP) is 0.527. The van der Waals surface area contributed by atoms with E-state index in [2.05, 4.69) is 0 Å². The number of halogens is 1. The summed E-state index contributed by atoms with van der Waals surface area (Å²) in [4.78, 5) is 26.8. The molecule has 0 bridgehead atoms. The first-order valence-electron chi connectivity index (χ1n) is 8.65. The maximum atomic E-state index is 13.0. The van der Waals surface area contributed by atoms with Gasteiger partial charge in [-0.3, -0.25) is 9.59 Å². The second kappa shape index (κ2) is 7.71. The Morgan fingerprint density at radius 1 is 1.00 bits per heavy atom. The molecule has 0 aromatic heterocycles. The number of sulfonamides is 1. The van der Waals surface area contributed by atoms with Gasteiger partial charge >= 0.3 is 0 Å². The molecule has 9 heteroatoms. The molecule has 2 saturated heterocycles. The van der Waals surface area contributed by atoms with E-state index >= 15 is 0 Å². The second-order valence-corrected chi connectivity index (χ2v) is 8.54. The van der Waals surface area contributed by atoms with Crippen LogP contribution in [0.5, 0.6) is 0 Å². The summed E-state index contributed by atoms with van der Waals surface area (Å²) in [5, 5.41) is 0. The smallest absolute Gasteiger partial charge is 0.243 e. The number of piperazine rings is 1. The standard InChI is InChI=1S/C17H22FN3O4S/c18-15-1-3-16(4-2-15)26(24,25)21-7-5-14(6-8-21)17(23)20-11-9-19(13-22)10-12-20/h1-4,13-14H,5-12H2. The SMILES string of the molecule is O=CN1CCN(C(=O)C2CCN(S(=O)(=O)c3ccc(F)cc3)CC2)CC1. The van der Waals surface area contributed by atoms with Crippen molar-refractivity contribution in [3.8, 4) is 0 Å². The number of rotatable bonds is 4. The number of nitrogens with zero attached hydrogens (tertiary/aromatic N) is 3. The van der Waals surface area contributed by atoms with Crippen LogP contribution in [0.2, 0.25) is 0 Å². The fourth-order valence-electron chi connectivity index (χ4n) is 3.40. The molecular formula is C17H22FN3O4S. The number of hydrogen-bond donors (Lipinski definition) is 0. The summed E-state index contributed by atoms with van der Waals surface area (Å²) in [7, 11) is -3.67. The second-order valence-electron chi connectivity index (χ2n) is 6.60. The Morgan fingerprint density at radius 2 is 1.58 bits per heavy atom. The van der Waals surface area contributed by atoms with Gasteiger partial charge in [0.05, 0.1) is 4.90 Å². The van der Waals surface area contributed by atoms with Crippen molar-refractivity contribution in [3.63, 3.8) is 0 Å². The van der Waals surface area contributed by atoms with Gasteiger partial charge < -0.3 is 9.80 Å². The van der Waals surface area contributed by atoms with Crippen LogP contribution < -0.4 is 0 Å². The van der Waals surface area contributed by atoms with E-state index in [0.717, 1.165) is 18.5 Å². The van der Waals surface area contributed by atoms with Crippen LogP contribution in [0.25, 0.3) is 0 Å². The predicted molar refractivity (Wildman–Crippen MR) is 92.1 cm³/mol. The first-order valence-corrected chi connectivity index (χ1v) is 10.1. The van der Waals surface area contributed by atoms with Crippen LogP contribution in [0.3, 0.4) is 0 Å². The van der Waals surface area contributed by atoms with Gasteiger partial charge in [0.2, 0.25) is 22.3 Å². The van der Waals surface area contributed by atoms with E-state index in [-0.39, 0.29) is 29.8 Å². The Morgan fingerprint density at radius 3 is 2.12 bits per heavy atom. The molecule has 2 heterocycles. The summed E-state index contributed by atoms with van der Waals surface area (Å²) in [6.07, 6.45) is 1.72. The monoisotopic (exact) mass is 383 g/mol. The van der Waals surface area contributed by atoms with Crippen molar-refractivity contribution < 1.29 is 22.4 Å². The Balaban J connectivity index is 1.58. The summed E-state index contributed by atoms with van der Waals surface area (Å²) in [5.74, 6) is -0.644. The Bertz CT molecular complexity index is 753. The number of piperidine rings is 1. The average molecular weight is 383 g/mol. The van der Waals surface area contributed by atoms with Crippen LogP contribution >= 0.6 is 0 Å². The van der Waals surface area contributed by atoms with Gasteiger partial charge in [0.15, 0.2) is 0 Å². The summed E-state index contributed by atoms with van der Waals surface area (Å²) in [6, 6.07) is 4.77. The van der Waals surface area contributed by atoms with Crippen molar-refractivity contribution in [2.45, 2.75) is 17.7 Å². The lowest BCUT2D eigenvalue weighted by molar-refractivity contribution is -0.140. The highest BCUT2D eigenvalue weighted by atomic mass is 32.2.